The van der Waals surface area contributed by atoms with Gasteiger partial charge in [-0.25, -0.2) is 18.6 Å². The summed E-state index contributed by atoms with van der Waals surface area (Å²) >= 11 is 6.23. The highest BCUT2D eigenvalue weighted by molar-refractivity contribution is 7.88. The average Bonchev–Trinajstić information content (AvgIpc) is 3.31. The number of nitrogens with one attached hydrogen (secondary N) is 2. The van der Waals surface area contributed by atoms with Crippen LogP contribution in [0, 0.1) is 5.92 Å². The van der Waals surface area contributed by atoms with E-state index in [0.29, 0.717) is 10.6 Å². The van der Waals surface area contributed by atoms with Gasteiger partial charge in [-0.05, 0) is 23.3 Å². The Balaban J connectivity index is 1.71. The fourth-order valence-corrected chi connectivity index (χ4v) is 5.45. The van der Waals surface area contributed by atoms with Gasteiger partial charge in [-0.1, -0.05) is 72.3 Å². The Labute approximate surface area is 220 Å². The van der Waals surface area contributed by atoms with Crippen molar-refractivity contribution < 1.29 is 28.0 Å². The molecule has 37 heavy (non-hydrogen) atoms. The van der Waals surface area contributed by atoms with E-state index in [1.807, 2.05) is 30.3 Å². The number of hydroxylamine groups is 1. The molecule has 0 bridgehead atoms. The minimum Gasteiger partial charge on any atom is -0.394 e. The second-order valence-corrected chi connectivity index (χ2v) is 11.2. The second-order valence-electron chi connectivity index (χ2n) is 8.95. The standard InChI is InChI=1S/C26H28ClN3O6S/c1-37(34,35)28-14-20(15-31)30-24(18-11-12-19(27)13-18)23(21-9-5-6-10-22(21)26(30)33)25(32)29-36-16-17-7-3-2-4-8-17/h2-13,18,20,23-24,28,31H,14-16H2,1H3,(H,29,32)/t18?,20-,23?,24?/m1/s1. The van der Waals surface area contributed by atoms with Crippen molar-refractivity contribution in [2.24, 2.45) is 5.92 Å². The maximum absolute atomic E-state index is 13.8. The first-order valence-electron chi connectivity index (χ1n) is 11.7. The first-order chi connectivity index (χ1) is 17.7. The summed E-state index contributed by atoms with van der Waals surface area (Å²) in [6.07, 6.45) is 6.18. The maximum Gasteiger partial charge on any atom is 0.254 e. The number of aliphatic hydroxyl groups is 1. The quantitative estimate of drug-likeness (QED) is 0.393. The lowest BCUT2D eigenvalue weighted by atomic mass is 9.76. The van der Waals surface area contributed by atoms with Crippen molar-refractivity contribution in [3.05, 3.63) is 94.5 Å². The van der Waals surface area contributed by atoms with Gasteiger partial charge in [0.1, 0.15) is 0 Å². The molecule has 3 unspecified atom stereocenters. The fourth-order valence-electron chi connectivity index (χ4n) is 4.73. The minimum atomic E-state index is -3.60. The van der Waals surface area contributed by atoms with Gasteiger partial charge < -0.3 is 10.0 Å². The molecule has 1 aliphatic heterocycles. The van der Waals surface area contributed by atoms with E-state index >= 15 is 0 Å². The molecule has 3 N–H and O–H groups in total. The van der Waals surface area contributed by atoms with E-state index in [1.165, 1.54) is 4.90 Å². The predicted molar refractivity (Wildman–Crippen MR) is 139 cm³/mol. The highest BCUT2D eigenvalue weighted by Crippen LogP contribution is 2.41. The highest BCUT2D eigenvalue weighted by Gasteiger charge is 2.48. The number of aliphatic hydroxyl groups excluding tert-OH is 1. The molecule has 2 aromatic carbocycles. The number of nitrogens with zero attached hydrogens (tertiary/aromatic N) is 1. The molecule has 0 spiro atoms. The Bertz CT molecular complexity index is 1310. The SMILES string of the molecule is CS(=O)(=O)NC[C@H](CO)N1C(=O)c2ccccc2C(C(=O)NOCc2ccccc2)C1C1C=CC(Cl)=C1. The summed E-state index contributed by atoms with van der Waals surface area (Å²) in [4.78, 5) is 34.3. The number of allylic oxidation sites excluding steroid dienone is 2. The van der Waals surface area contributed by atoms with Crippen molar-refractivity contribution in [1.82, 2.24) is 15.1 Å². The van der Waals surface area contributed by atoms with Crippen LogP contribution in [0.5, 0.6) is 0 Å². The summed E-state index contributed by atoms with van der Waals surface area (Å²) in [5.74, 6) is -2.27. The zero-order valence-corrected chi connectivity index (χ0v) is 21.7. The number of carbonyl (C=O) groups is 2. The van der Waals surface area contributed by atoms with E-state index in [4.69, 9.17) is 16.4 Å². The van der Waals surface area contributed by atoms with E-state index in [9.17, 15) is 23.1 Å². The highest BCUT2D eigenvalue weighted by atomic mass is 35.5. The molecule has 0 radical (unpaired) electrons. The third kappa shape index (κ3) is 6.28. The van der Waals surface area contributed by atoms with Gasteiger partial charge in [-0.2, -0.15) is 0 Å². The van der Waals surface area contributed by atoms with Crippen molar-refractivity contribution in [2.45, 2.75) is 24.6 Å². The number of hydrogen-bond donors (Lipinski definition) is 3. The van der Waals surface area contributed by atoms with Crippen molar-refractivity contribution in [2.75, 3.05) is 19.4 Å². The van der Waals surface area contributed by atoms with Crippen LogP contribution in [0.1, 0.15) is 27.4 Å². The summed E-state index contributed by atoms with van der Waals surface area (Å²) in [6, 6.07) is 14.3. The molecule has 11 heteroatoms. The molecule has 0 aromatic heterocycles. The molecule has 2 amide bonds. The van der Waals surface area contributed by atoms with Crippen LogP contribution in [-0.2, 0) is 26.3 Å². The summed E-state index contributed by atoms with van der Waals surface area (Å²) < 4.78 is 25.9. The number of hydrogen-bond acceptors (Lipinski definition) is 6. The number of rotatable bonds is 10. The molecule has 0 saturated heterocycles. The molecule has 2 aliphatic rings. The van der Waals surface area contributed by atoms with E-state index < -0.39 is 52.4 Å². The number of fused-ring (bicyclic) bond motifs is 1. The summed E-state index contributed by atoms with van der Waals surface area (Å²) in [5.41, 5.74) is 4.18. The van der Waals surface area contributed by atoms with Crippen molar-refractivity contribution in [3.8, 4) is 0 Å². The van der Waals surface area contributed by atoms with E-state index in [0.717, 1.165) is 11.8 Å². The first-order valence-corrected chi connectivity index (χ1v) is 13.9. The Morgan fingerprint density at radius 2 is 1.86 bits per heavy atom. The van der Waals surface area contributed by atoms with Crippen molar-refractivity contribution >= 4 is 33.4 Å². The Morgan fingerprint density at radius 1 is 1.16 bits per heavy atom. The van der Waals surface area contributed by atoms with Gasteiger partial charge in [0, 0.05) is 23.1 Å². The first kappa shape index (κ1) is 27.0. The molecule has 2 aromatic rings. The molecular formula is C26H28ClN3O6S. The number of sulfonamides is 1. The molecular weight excluding hydrogens is 518 g/mol. The van der Waals surface area contributed by atoms with E-state index in [-0.39, 0.29) is 18.7 Å². The molecule has 0 saturated carbocycles. The number of amides is 2. The average molecular weight is 546 g/mol. The lowest BCUT2D eigenvalue weighted by molar-refractivity contribution is -0.138. The number of benzene rings is 2. The zero-order valence-electron chi connectivity index (χ0n) is 20.1. The van der Waals surface area contributed by atoms with Crippen LogP contribution in [-0.4, -0.2) is 61.7 Å². The zero-order chi connectivity index (χ0) is 26.6. The van der Waals surface area contributed by atoms with Crippen molar-refractivity contribution in [1.29, 1.82) is 0 Å². The lowest BCUT2D eigenvalue weighted by Gasteiger charge is -2.46. The van der Waals surface area contributed by atoms with Crippen LogP contribution in [0.3, 0.4) is 0 Å². The Hall–Kier alpha value is -3.02. The summed E-state index contributed by atoms with van der Waals surface area (Å²) in [5, 5.41) is 10.7. The van der Waals surface area contributed by atoms with Crippen LogP contribution in [0.2, 0.25) is 0 Å². The third-order valence-corrected chi connectivity index (χ3v) is 7.31. The van der Waals surface area contributed by atoms with Gasteiger partial charge in [0.25, 0.3) is 11.8 Å². The van der Waals surface area contributed by atoms with E-state index in [1.54, 1.807) is 42.5 Å². The summed E-state index contributed by atoms with van der Waals surface area (Å²) in [7, 11) is -3.60. The maximum atomic E-state index is 13.8. The molecule has 4 rings (SSSR count). The third-order valence-electron chi connectivity index (χ3n) is 6.37. The largest absolute Gasteiger partial charge is 0.394 e. The molecule has 1 heterocycles. The van der Waals surface area contributed by atoms with Gasteiger partial charge in [-0.15, -0.1) is 0 Å². The number of halogens is 1. The fraction of sp³-hybridized carbons (Fsp3) is 0.308. The van der Waals surface area contributed by atoms with Gasteiger partial charge >= 0.3 is 0 Å². The molecule has 4 atom stereocenters. The summed E-state index contributed by atoms with van der Waals surface area (Å²) in [6.45, 7) is -0.618. The molecule has 196 valence electrons. The van der Waals surface area contributed by atoms with Gasteiger partial charge in [0.15, 0.2) is 0 Å². The van der Waals surface area contributed by atoms with Crippen LogP contribution in [0.15, 0.2) is 77.9 Å². The van der Waals surface area contributed by atoms with Crippen molar-refractivity contribution in [3.63, 3.8) is 0 Å². The molecule has 9 nitrogen and oxygen atoms in total. The Morgan fingerprint density at radius 3 is 2.51 bits per heavy atom. The minimum absolute atomic E-state index is 0.140. The van der Waals surface area contributed by atoms with Gasteiger partial charge in [-0.3, -0.25) is 14.4 Å². The Kier molecular flexibility index (Phi) is 8.46. The van der Waals surface area contributed by atoms with Gasteiger partial charge in [0.05, 0.1) is 37.5 Å². The topological polar surface area (TPSA) is 125 Å². The normalized spacial score (nSPS) is 21.9. The van der Waals surface area contributed by atoms with Gasteiger partial charge in [0.2, 0.25) is 10.0 Å². The van der Waals surface area contributed by atoms with Crippen LogP contribution in [0.25, 0.3) is 0 Å². The van der Waals surface area contributed by atoms with Crippen LogP contribution in [0.4, 0.5) is 0 Å². The predicted octanol–water partition coefficient (Wildman–Crippen LogP) is 2.06. The van der Waals surface area contributed by atoms with Crippen LogP contribution < -0.4 is 10.2 Å². The number of carbonyl (C=O) groups excluding carboxylic acids is 2. The molecule has 0 fully saturated rings. The second kappa shape index (κ2) is 11.6. The molecule has 1 aliphatic carbocycles. The lowest BCUT2D eigenvalue weighted by Crippen LogP contribution is -2.61. The van der Waals surface area contributed by atoms with Crippen LogP contribution >= 0.6 is 11.6 Å². The monoisotopic (exact) mass is 545 g/mol. The van der Waals surface area contributed by atoms with E-state index in [2.05, 4.69) is 10.2 Å². The smallest absolute Gasteiger partial charge is 0.254 e.